The summed E-state index contributed by atoms with van der Waals surface area (Å²) in [6, 6.07) is 0. The average Bonchev–Trinajstić information content (AvgIpc) is 2.75. The standard InChI is InChI=1S/C13H25BrN2O3S/c14-7-12-19-13-5-10-16(11-6-13)20(17,18)15-8-3-1-2-4-9-15/h13H,1-12H2. The predicted molar refractivity (Wildman–Crippen MR) is 83.3 cm³/mol. The Labute approximate surface area is 131 Å². The van der Waals surface area contributed by atoms with Crippen molar-refractivity contribution in [3.8, 4) is 0 Å². The van der Waals surface area contributed by atoms with Crippen molar-refractivity contribution in [2.45, 2.75) is 44.6 Å². The molecule has 7 heteroatoms. The smallest absolute Gasteiger partial charge is 0.281 e. The Hall–Kier alpha value is 0.310. The lowest BCUT2D eigenvalue weighted by Crippen LogP contribution is -2.48. The van der Waals surface area contributed by atoms with Crippen LogP contribution in [0.15, 0.2) is 0 Å². The van der Waals surface area contributed by atoms with Gasteiger partial charge in [-0.25, -0.2) is 0 Å². The van der Waals surface area contributed by atoms with Crippen LogP contribution in [0, 0.1) is 0 Å². The number of ether oxygens (including phenoxy) is 1. The highest BCUT2D eigenvalue weighted by Gasteiger charge is 2.33. The predicted octanol–water partition coefficient (Wildman–Crippen LogP) is 1.98. The molecule has 20 heavy (non-hydrogen) atoms. The fourth-order valence-corrected chi connectivity index (χ4v) is 4.78. The highest BCUT2D eigenvalue weighted by Crippen LogP contribution is 2.21. The van der Waals surface area contributed by atoms with E-state index in [1.54, 1.807) is 8.61 Å². The first-order valence-corrected chi connectivity index (χ1v) is 10.1. The summed E-state index contributed by atoms with van der Waals surface area (Å²) in [5.41, 5.74) is 0. The normalized spacial score (nSPS) is 24.6. The minimum absolute atomic E-state index is 0.211. The molecule has 0 atom stereocenters. The van der Waals surface area contributed by atoms with Crippen LogP contribution in [0.3, 0.4) is 0 Å². The molecule has 2 rings (SSSR count). The first-order valence-electron chi connectivity index (χ1n) is 7.57. The molecule has 2 saturated heterocycles. The van der Waals surface area contributed by atoms with Gasteiger partial charge in [-0.1, -0.05) is 28.8 Å². The van der Waals surface area contributed by atoms with Crippen molar-refractivity contribution in [2.24, 2.45) is 0 Å². The summed E-state index contributed by atoms with van der Waals surface area (Å²) in [5, 5.41) is 0.833. The van der Waals surface area contributed by atoms with Crippen LogP contribution >= 0.6 is 15.9 Å². The lowest BCUT2D eigenvalue weighted by atomic mass is 10.1. The Balaban J connectivity index is 1.87. The second-order valence-corrected chi connectivity index (χ2v) is 8.20. The third-order valence-corrected chi connectivity index (χ3v) is 6.41. The van der Waals surface area contributed by atoms with E-state index in [-0.39, 0.29) is 6.10 Å². The number of piperidine rings is 1. The zero-order valence-electron chi connectivity index (χ0n) is 12.0. The third kappa shape index (κ3) is 4.40. The second kappa shape index (κ2) is 8.08. The van der Waals surface area contributed by atoms with Gasteiger partial charge in [-0.05, 0) is 25.7 Å². The Morgan fingerprint density at radius 1 is 0.950 bits per heavy atom. The molecule has 0 radical (unpaired) electrons. The van der Waals surface area contributed by atoms with E-state index in [1.807, 2.05) is 0 Å². The van der Waals surface area contributed by atoms with Crippen molar-refractivity contribution in [3.63, 3.8) is 0 Å². The fourth-order valence-electron chi connectivity index (χ4n) is 2.88. The number of alkyl halides is 1. The monoisotopic (exact) mass is 368 g/mol. The quantitative estimate of drug-likeness (QED) is 0.697. The number of hydrogen-bond acceptors (Lipinski definition) is 3. The first kappa shape index (κ1) is 16.7. The molecule has 2 aliphatic rings. The van der Waals surface area contributed by atoms with Gasteiger partial charge in [0.15, 0.2) is 0 Å². The van der Waals surface area contributed by atoms with Crippen LogP contribution in [0.1, 0.15) is 38.5 Å². The summed E-state index contributed by atoms with van der Waals surface area (Å²) >= 11 is 3.34. The van der Waals surface area contributed by atoms with Crippen molar-refractivity contribution in [1.82, 2.24) is 8.61 Å². The van der Waals surface area contributed by atoms with Gasteiger partial charge in [0.1, 0.15) is 0 Å². The number of halogens is 1. The molecule has 0 aromatic carbocycles. The molecule has 0 aliphatic carbocycles. The second-order valence-electron chi connectivity index (χ2n) is 5.48. The summed E-state index contributed by atoms with van der Waals surface area (Å²) in [5.74, 6) is 0. The number of hydrogen-bond donors (Lipinski definition) is 0. The lowest BCUT2D eigenvalue weighted by molar-refractivity contribution is 0.0300. The summed E-state index contributed by atoms with van der Waals surface area (Å²) in [4.78, 5) is 0. The van der Waals surface area contributed by atoms with Gasteiger partial charge in [0.25, 0.3) is 10.2 Å². The molecule has 0 saturated carbocycles. The highest BCUT2D eigenvalue weighted by molar-refractivity contribution is 9.09. The van der Waals surface area contributed by atoms with Crippen LogP contribution in [0.2, 0.25) is 0 Å². The maximum Gasteiger partial charge on any atom is 0.281 e. The van der Waals surface area contributed by atoms with E-state index >= 15 is 0 Å². The van der Waals surface area contributed by atoms with Crippen LogP contribution < -0.4 is 0 Å². The topological polar surface area (TPSA) is 49.9 Å². The van der Waals surface area contributed by atoms with E-state index < -0.39 is 10.2 Å². The zero-order valence-corrected chi connectivity index (χ0v) is 14.4. The van der Waals surface area contributed by atoms with Gasteiger partial charge in [0.2, 0.25) is 0 Å². The third-order valence-electron chi connectivity index (χ3n) is 4.05. The molecule has 0 spiro atoms. The molecule has 2 fully saturated rings. The molecular formula is C13H25BrN2O3S. The summed E-state index contributed by atoms with van der Waals surface area (Å²) in [7, 11) is -3.25. The Morgan fingerprint density at radius 2 is 1.50 bits per heavy atom. The van der Waals surface area contributed by atoms with Gasteiger partial charge in [-0.3, -0.25) is 0 Å². The fraction of sp³-hybridized carbons (Fsp3) is 1.00. The minimum atomic E-state index is -3.25. The van der Waals surface area contributed by atoms with Crippen molar-refractivity contribution in [2.75, 3.05) is 38.1 Å². The van der Waals surface area contributed by atoms with Gasteiger partial charge in [0, 0.05) is 31.5 Å². The Bertz CT molecular complexity index is 375. The zero-order chi connectivity index (χ0) is 14.4. The van der Waals surface area contributed by atoms with E-state index in [0.29, 0.717) is 32.8 Å². The van der Waals surface area contributed by atoms with Crippen molar-refractivity contribution in [3.05, 3.63) is 0 Å². The van der Waals surface area contributed by atoms with Crippen molar-refractivity contribution < 1.29 is 13.2 Å². The molecule has 0 amide bonds. The molecule has 118 valence electrons. The van der Waals surface area contributed by atoms with Crippen LogP contribution in [0.5, 0.6) is 0 Å². The summed E-state index contributed by atoms with van der Waals surface area (Å²) < 4.78 is 34.2. The van der Waals surface area contributed by atoms with E-state index in [9.17, 15) is 8.42 Å². The molecule has 0 aromatic rings. The van der Waals surface area contributed by atoms with E-state index in [1.165, 1.54) is 0 Å². The van der Waals surface area contributed by atoms with Crippen LogP contribution in [-0.4, -0.2) is 61.2 Å². The SMILES string of the molecule is O=S(=O)(N1CCCCCC1)N1CCC(OCCBr)CC1. The molecule has 0 unspecified atom stereocenters. The summed E-state index contributed by atoms with van der Waals surface area (Å²) in [6.07, 6.45) is 6.10. The van der Waals surface area contributed by atoms with Crippen LogP contribution in [0.25, 0.3) is 0 Å². The number of nitrogens with zero attached hydrogens (tertiary/aromatic N) is 2. The lowest BCUT2D eigenvalue weighted by Gasteiger charge is -2.34. The molecular weight excluding hydrogens is 344 g/mol. The van der Waals surface area contributed by atoms with Crippen LogP contribution in [-0.2, 0) is 14.9 Å². The maximum absolute atomic E-state index is 12.6. The van der Waals surface area contributed by atoms with E-state index in [4.69, 9.17) is 4.74 Å². The number of rotatable bonds is 5. The Kier molecular flexibility index (Phi) is 6.74. The van der Waals surface area contributed by atoms with Crippen molar-refractivity contribution >= 4 is 26.1 Å². The van der Waals surface area contributed by atoms with E-state index in [0.717, 1.165) is 43.9 Å². The largest absolute Gasteiger partial charge is 0.377 e. The molecule has 0 bridgehead atoms. The molecule has 2 aliphatic heterocycles. The highest BCUT2D eigenvalue weighted by atomic mass is 79.9. The molecule has 0 aromatic heterocycles. The average molecular weight is 369 g/mol. The maximum atomic E-state index is 12.6. The van der Waals surface area contributed by atoms with Gasteiger partial charge < -0.3 is 4.74 Å². The molecule has 0 N–H and O–H groups in total. The molecule has 2 heterocycles. The van der Waals surface area contributed by atoms with Gasteiger partial charge in [-0.15, -0.1) is 0 Å². The van der Waals surface area contributed by atoms with E-state index in [2.05, 4.69) is 15.9 Å². The van der Waals surface area contributed by atoms with Crippen molar-refractivity contribution in [1.29, 1.82) is 0 Å². The molecule has 5 nitrogen and oxygen atoms in total. The van der Waals surface area contributed by atoms with Gasteiger partial charge in [0.05, 0.1) is 12.7 Å². The van der Waals surface area contributed by atoms with Gasteiger partial charge in [-0.2, -0.15) is 17.0 Å². The summed E-state index contributed by atoms with van der Waals surface area (Å²) in [6.45, 7) is 3.24. The van der Waals surface area contributed by atoms with Gasteiger partial charge >= 0.3 is 0 Å². The minimum Gasteiger partial charge on any atom is -0.377 e. The van der Waals surface area contributed by atoms with Crippen LogP contribution in [0.4, 0.5) is 0 Å². The first-order chi connectivity index (χ1) is 9.64. The Morgan fingerprint density at radius 3 is 2.05 bits per heavy atom.